The van der Waals surface area contributed by atoms with Crippen molar-refractivity contribution in [1.29, 1.82) is 0 Å². The van der Waals surface area contributed by atoms with Gasteiger partial charge in [0.1, 0.15) is 53.0 Å². The quantitative estimate of drug-likeness (QED) is 0.0362. The third kappa shape index (κ3) is 13.9. The summed E-state index contributed by atoms with van der Waals surface area (Å²) in [5, 5.41) is 0. The van der Waals surface area contributed by atoms with E-state index in [-0.39, 0.29) is 56.6 Å². The van der Waals surface area contributed by atoms with Gasteiger partial charge in [-0.25, -0.2) is 4.79 Å². The molecule has 19 nitrogen and oxygen atoms in total. The molecular formula is C67H91O19Si+. The zero-order chi connectivity index (χ0) is 61.4. The molecule has 0 radical (unpaired) electrons. The van der Waals surface area contributed by atoms with Gasteiger partial charge < -0.3 is 79.9 Å². The molecule has 2 aromatic carbocycles. The van der Waals surface area contributed by atoms with Crippen LogP contribution in [0, 0.1) is 17.8 Å². The molecule has 8 aliphatic heterocycles. The van der Waals surface area contributed by atoms with Crippen molar-refractivity contribution in [3.05, 3.63) is 108 Å². The second kappa shape index (κ2) is 26.6. The Labute approximate surface area is 513 Å². The van der Waals surface area contributed by atoms with Crippen molar-refractivity contribution < 1.29 is 89.5 Å². The number of carbonyl (C=O) groups is 2. The maximum absolute atomic E-state index is 15.5. The van der Waals surface area contributed by atoms with Gasteiger partial charge in [0.25, 0.3) is 6.10 Å². The van der Waals surface area contributed by atoms with Gasteiger partial charge in [-0.1, -0.05) is 94.0 Å². The fraction of sp³-hybridized carbons (Fsp3) is 0.657. The molecule has 476 valence electrons. The predicted molar refractivity (Wildman–Crippen MR) is 320 cm³/mol. The number of fused-ring (bicyclic) bond motifs is 4. The molecule has 0 aromatic heterocycles. The molecule has 9 aliphatic rings. The zero-order valence-electron chi connectivity index (χ0n) is 52.6. The Morgan fingerprint density at radius 3 is 2.25 bits per heavy atom. The minimum atomic E-state index is -2.60. The van der Waals surface area contributed by atoms with Crippen LogP contribution in [0.15, 0.2) is 108 Å². The first-order valence-corrected chi connectivity index (χ1v) is 34.8. The van der Waals surface area contributed by atoms with Gasteiger partial charge >= 0.3 is 17.9 Å². The number of ether oxygens (including phenoxy) is 15. The lowest BCUT2D eigenvalue weighted by molar-refractivity contribution is -0.510. The zero-order valence-corrected chi connectivity index (χ0v) is 53.6. The average Bonchev–Trinajstić information content (AvgIpc) is 1.80. The molecule has 6 fully saturated rings. The van der Waals surface area contributed by atoms with E-state index in [1.165, 1.54) is 0 Å². The molecule has 2 aromatic rings. The molecule has 0 amide bonds. The van der Waals surface area contributed by atoms with Crippen molar-refractivity contribution in [1.82, 2.24) is 0 Å². The first-order chi connectivity index (χ1) is 41.7. The van der Waals surface area contributed by atoms with E-state index in [1.54, 1.807) is 26.4 Å². The molecule has 87 heavy (non-hydrogen) atoms. The third-order valence-electron chi connectivity index (χ3n) is 18.8. The average molecular weight is 1230 g/mol. The number of esters is 3. The van der Waals surface area contributed by atoms with E-state index in [4.69, 9.17) is 79.9 Å². The monoisotopic (exact) mass is 1230 g/mol. The second-order valence-corrected chi connectivity index (χ2v) is 30.7. The van der Waals surface area contributed by atoms with Crippen LogP contribution in [-0.4, -0.2) is 176 Å². The number of allylic oxidation sites excluding steroid dienone is 2. The summed E-state index contributed by atoms with van der Waals surface area (Å²) in [6.45, 7) is 20.9. The highest BCUT2D eigenvalue weighted by molar-refractivity contribution is 6.69. The van der Waals surface area contributed by atoms with Crippen LogP contribution in [0.25, 0.3) is 0 Å². The summed E-state index contributed by atoms with van der Waals surface area (Å²) in [6, 6.07) is 18.6. The van der Waals surface area contributed by atoms with Gasteiger partial charge in [-0.05, 0) is 101 Å². The predicted octanol–water partition coefficient (Wildman–Crippen LogP) is 9.38. The standard InChI is InChI=1S/C67H91O19Si/c1-13-39(2)62-65(7)53(84-65)34-66(85-62)33-48-30-47(83-66)28-27-41(4)58(80-55-31-50(70-8)60(43(6)76-55)81-56-32-51(71-9)61-52(78-56)36-74-57(82-61)38-73-46-25-18-15-19-26-46)40(3)21-20-22-44-35-75-63-59(79-54(68)37-72-45-23-16-14-17-24-45)42(5)29-49(64(69)77-48)67(44,63)86-87(10,11)12/h14-27,29,39-40,43,47-53,55-56,58-63H,13,28,30-38H2,1-12H3/q+1/b21-20+,41-27+,44-22+/t39?,40-,43-,47?,48?,49?,50-,51-,52-,53-,55+,56+,58?,59+,60+,61+,62+,63?,65-,66-,67+/m0/s1. The highest BCUT2D eigenvalue weighted by atomic mass is 28.4. The Balaban J connectivity index is 0.869. The summed E-state index contributed by atoms with van der Waals surface area (Å²) in [5.41, 5.74) is 0.458. The van der Waals surface area contributed by atoms with Crippen molar-refractivity contribution in [2.45, 2.75) is 222 Å². The summed E-state index contributed by atoms with van der Waals surface area (Å²) < 4.78 is 112. The molecule has 2 bridgehead atoms. The van der Waals surface area contributed by atoms with Gasteiger partial charge in [-0.3, -0.25) is 4.79 Å². The molecule has 0 saturated carbocycles. The van der Waals surface area contributed by atoms with E-state index in [0.717, 1.165) is 12.0 Å². The Kier molecular flexibility index (Phi) is 19.5. The summed E-state index contributed by atoms with van der Waals surface area (Å²) in [6.07, 6.45) is 5.73. The molecule has 8 heterocycles. The van der Waals surface area contributed by atoms with Crippen LogP contribution >= 0.6 is 0 Å². The smallest absolute Gasteiger partial charge is 0.482 e. The molecule has 1 spiro atoms. The van der Waals surface area contributed by atoms with Crippen LogP contribution in [-0.2, 0) is 80.0 Å². The number of methoxy groups -OCH3 is 2. The lowest BCUT2D eigenvalue weighted by Gasteiger charge is -2.50. The molecular weight excluding hydrogens is 1140 g/mol. The second-order valence-electron chi connectivity index (χ2n) is 26.2. The number of rotatable bonds is 17. The van der Waals surface area contributed by atoms with Crippen LogP contribution < -0.4 is 9.47 Å². The van der Waals surface area contributed by atoms with Crippen LogP contribution in [0.4, 0.5) is 0 Å². The maximum Gasteiger partial charge on any atom is 0.524 e. The molecule has 1 aliphatic carbocycles. The minimum absolute atomic E-state index is 0.0801. The van der Waals surface area contributed by atoms with Crippen LogP contribution in [0.2, 0.25) is 19.6 Å². The van der Waals surface area contributed by atoms with E-state index in [1.807, 2.05) is 80.6 Å². The van der Waals surface area contributed by atoms with E-state index >= 15 is 4.79 Å². The van der Waals surface area contributed by atoms with Crippen LogP contribution in [0.1, 0.15) is 93.4 Å². The van der Waals surface area contributed by atoms with Crippen molar-refractivity contribution >= 4 is 26.2 Å². The Hall–Kier alpha value is -4.81. The largest absolute Gasteiger partial charge is 0.524 e. The van der Waals surface area contributed by atoms with E-state index < -0.39 is 117 Å². The van der Waals surface area contributed by atoms with Crippen molar-refractivity contribution in [3.8, 4) is 11.5 Å². The summed E-state index contributed by atoms with van der Waals surface area (Å²) in [5.74, 6) is -1.57. The lowest BCUT2D eigenvalue weighted by Crippen LogP contribution is -2.63. The van der Waals surface area contributed by atoms with Gasteiger partial charge in [0.05, 0.1) is 43.2 Å². The molecule has 21 atom stereocenters. The van der Waals surface area contributed by atoms with E-state index in [0.29, 0.717) is 67.1 Å². The van der Waals surface area contributed by atoms with Crippen molar-refractivity contribution in [3.63, 3.8) is 0 Å². The number of hydrogen-bond acceptors (Lipinski definition) is 18. The highest BCUT2D eigenvalue weighted by Gasteiger charge is 2.69. The number of benzene rings is 2. The van der Waals surface area contributed by atoms with Gasteiger partial charge in [0.2, 0.25) is 13.2 Å². The Morgan fingerprint density at radius 2 is 1.54 bits per heavy atom. The Bertz CT molecular complexity index is 2870. The maximum atomic E-state index is 15.5. The number of carbonyl (C=O) groups excluding carboxylic acids is 3. The lowest BCUT2D eigenvalue weighted by atomic mass is 9.70. The summed E-state index contributed by atoms with van der Waals surface area (Å²) in [7, 11) is 0.731. The fourth-order valence-electron chi connectivity index (χ4n) is 14.2. The van der Waals surface area contributed by atoms with Gasteiger partial charge in [-0.2, -0.15) is 0 Å². The van der Waals surface area contributed by atoms with Gasteiger partial charge in [0, 0.05) is 52.2 Å². The molecule has 6 unspecified atom stereocenters. The Morgan fingerprint density at radius 1 is 0.828 bits per heavy atom. The van der Waals surface area contributed by atoms with E-state index in [2.05, 4.69) is 66.4 Å². The minimum Gasteiger partial charge on any atom is -0.482 e. The molecule has 11 rings (SSSR count). The topological polar surface area (TPSA) is 196 Å². The van der Waals surface area contributed by atoms with Crippen molar-refractivity contribution in [2.24, 2.45) is 17.8 Å². The molecule has 20 heteroatoms. The summed E-state index contributed by atoms with van der Waals surface area (Å²) in [4.78, 5) is 29.3. The number of hydrogen-bond donors (Lipinski definition) is 0. The fourth-order valence-corrected chi connectivity index (χ4v) is 15.6. The van der Waals surface area contributed by atoms with Gasteiger partial charge in [0.15, 0.2) is 45.5 Å². The molecule has 0 N–H and O–H groups in total. The summed E-state index contributed by atoms with van der Waals surface area (Å²) >= 11 is 0. The van der Waals surface area contributed by atoms with Gasteiger partial charge in [-0.15, -0.1) is 0 Å². The van der Waals surface area contributed by atoms with E-state index in [9.17, 15) is 4.79 Å². The normalized spacial score (nSPS) is 41.2. The first-order valence-electron chi connectivity index (χ1n) is 31.4. The third-order valence-corrected chi connectivity index (χ3v) is 19.7. The van der Waals surface area contributed by atoms with Crippen LogP contribution in [0.3, 0.4) is 0 Å². The highest BCUT2D eigenvalue weighted by Crippen LogP contribution is 2.57. The number of epoxide rings is 1. The molecule has 6 saturated heterocycles. The first kappa shape index (κ1) is 63.7. The SMILES string of the molecule is CCC(C)[C@H]1O[C@@]2(CC3CC(C/C=C(\C)C(O[C@@H]4C[C@H](OC)[C@H](O[C@@H]5C[C@H](OC)[C@H]6OC(COc7ccccc7)=[O+]C[C@@H]6O5)[C@H](C)O4)[C@@H](C)/C=C/C=C4\COC5[C@H](OC(=O)COc6ccccc6)C(C)=CC(C(=O)O3)[C@]45O[Si](C)(C)C)O2)C[C@@H]2O[C@@]21C. The van der Waals surface area contributed by atoms with Crippen LogP contribution in [0.5, 0.6) is 11.5 Å². The van der Waals surface area contributed by atoms with Crippen molar-refractivity contribution in [2.75, 3.05) is 40.6 Å². The number of para-hydroxylation sites is 2.